The zero-order valence-corrected chi connectivity index (χ0v) is 23.4. The average molecular weight is 592 g/mol. The zero-order chi connectivity index (χ0) is 30.4. The number of halogens is 4. The summed E-state index contributed by atoms with van der Waals surface area (Å²) >= 11 is 0. The Labute approximate surface area is 245 Å². The van der Waals surface area contributed by atoms with E-state index in [1.54, 1.807) is 12.1 Å². The number of hydrogen-bond acceptors (Lipinski definition) is 7. The van der Waals surface area contributed by atoms with E-state index in [0.717, 1.165) is 11.1 Å². The molecule has 0 spiro atoms. The summed E-state index contributed by atoms with van der Waals surface area (Å²) in [5.41, 5.74) is 4.08. The van der Waals surface area contributed by atoms with Crippen molar-refractivity contribution < 1.29 is 22.3 Å². The average Bonchev–Trinajstić information content (AvgIpc) is 3.52. The van der Waals surface area contributed by atoms with Gasteiger partial charge in [0.25, 0.3) is 0 Å². The molecule has 5 rings (SSSR count). The Morgan fingerprint density at radius 3 is 2.33 bits per heavy atom. The SMILES string of the molecule is CC(C)CN(Cc1ccccc1)c1cc(Nc2cccc(OC(F)(F)C(F)F)c2)cc(-c2ccccc2-c2nn[nH]n2)n1. The van der Waals surface area contributed by atoms with Gasteiger partial charge in [0, 0.05) is 47.7 Å². The molecule has 0 aliphatic rings. The highest BCUT2D eigenvalue weighted by Gasteiger charge is 2.44. The Morgan fingerprint density at radius 2 is 1.63 bits per heavy atom. The number of aromatic amines is 1. The van der Waals surface area contributed by atoms with E-state index < -0.39 is 18.3 Å². The van der Waals surface area contributed by atoms with E-state index in [-0.39, 0.29) is 0 Å². The third kappa shape index (κ3) is 7.45. The summed E-state index contributed by atoms with van der Waals surface area (Å²) < 4.78 is 56.9. The van der Waals surface area contributed by atoms with Crippen molar-refractivity contribution in [1.82, 2.24) is 25.6 Å². The fourth-order valence-electron chi connectivity index (χ4n) is 4.55. The van der Waals surface area contributed by atoms with Gasteiger partial charge in [-0.2, -0.15) is 22.8 Å². The fraction of sp³-hybridized carbons (Fsp3) is 0.226. The Bertz CT molecular complexity index is 1630. The van der Waals surface area contributed by atoms with E-state index in [2.05, 4.69) is 49.4 Å². The maximum Gasteiger partial charge on any atom is 0.461 e. The maximum absolute atomic E-state index is 13.6. The van der Waals surface area contributed by atoms with Gasteiger partial charge in [-0.05, 0) is 34.9 Å². The Kier molecular flexibility index (Phi) is 8.84. The second-order valence-corrected chi connectivity index (χ2v) is 10.3. The van der Waals surface area contributed by atoms with Crippen molar-refractivity contribution in [3.63, 3.8) is 0 Å². The molecule has 222 valence electrons. The summed E-state index contributed by atoms with van der Waals surface area (Å²) in [6.07, 6.45) is -8.59. The van der Waals surface area contributed by atoms with E-state index >= 15 is 0 Å². The summed E-state index contributed by atoms with van der Waals surface area (Å²) in [7, 11) is 0. The summed E-state index contributed by atoms with van der Waals surface area (Å²) in [6.45, 7) is 5.52. The number of alkyl halides is 4. The van der Waals surface area contributed by atoms with Crippen LogP contribution in [0.3, 0.4) is 0 Å². The first-order valence-corrected chi connectivity index (χ1v) is 13.5. The number of pyridine rings is 1. The third-order valence-corrected chi connectivity index (χ3v) is 6.36. The van der Waals surface area contributed by atoms with Crippen LogP contribution >= 0.6 is 0 Å². The van der Waals surface area contributed by atoms with Crippen LogP contribution in [0.2, 0.25) is 0 Å². The summed E-state index contributed by atoms with van der Waals surface area (Å²) in [5.74, 6) is 0.961. The van der Waals surface area contributed by atoms with Crippen LogP contribution in [-0.2, 0) is 6.54 Å². The highest BCUT2D eigenvalue weighted by atomic mass is 19.3. The largest absolute Gasteiger partial charge is 0.461 e. The highest BCUT2D eigenvalue weighted by molar-refractivity contribution is 5.81. The predicted octanol–water partition coefficient (Wildman–Crippen LogP) is 7.57. The molecule has 0 amide bonds. The molecule has 5 aromatic rings. The van der Waals surface area contributed by atoms with Gasteiger partial charge in [0.15, 0.2) is 0 Å². The summed E-state index contributed by atoms with van der Waals surface area (Å²) in [6, 6.07) is 26.6. The van der Waals surface area contributed by atoms with Crippen molar-refractivity contribution in [1.29, 1.82) is 0 Å². The molecule has 0 bridgehead atoms. The fourth-order valence-corrected chi connectivity index (χ4v) is 4.55. The molecule has 2 N–H and O–H groups in total. The molecule has 0 aliphatic carbocycles. The van der Waals surface area contributed by atoms with Gasteiger partial charge in [-0.3, -0.25) is 0 Å². The first-order chi connectivity index (χ1) is 20.7. The Morgan fingerprint density at radius 1 is 0.884 bits per heavy atom. The maximum atomic E-state index is 13.6. The van der Waals surface area contributed by atoms with Crippen molar-refractivity contribution in [3.05, 3.63) is 96.6 Å². The lowest BCUT2D eigenvalue weighted by molar-refractivity contribution is -0.253. The number of tetrazole rings is 1. The number of aromatic nitrogens is 5. The molecule has 43 heavy (non-hydrogen) atoms. The number of nitrogens with one attached hydrogen (secondary N) is 2. The molecule has 0 aliphatic heterocycles. The molecule has 0 saturated heterocycles. The molecule has 2 heterocycles. The molecule has 12 heteroatoms. The lowest BCUT2D eigenvalue weighted by atomic mass is 10.0. The first kappa shape index (κ1) is 29.5. The van der Waals surface area contributed by atoms with Crippen molar-refractivity contribution in [2.45, 2.75) is 32.9 Å². The molecular weight excluding hydrogens is 562 g/mol. The van der Waals surface area contributed by atoms with E-state index in [9.17, 15) is 17.6 Å². The van der Waals surface area contributed by atoms with E-state index in [1.807, 2.05) is 60.7 Å². The van der Waals surface area contributed by atoms with Crippen LogP contribution in [0.15, 0.2) is 91.0 Å². The van der Waals surface area contributed by atoms with Crippen LogP contribution in [0.5, 0.6) is 5.75 Å². The van der Waals surface area contributed by atoms with Gasteiger partial charge >= 0.3 is 12.5 Å². The quantitative estimate of drug-likeness (QED) is 0.145. The number of rotatable bonds is 12. The molecular formula is C31H29F4N7O. The second-order valence-electron chi connectivity index (χ2n) is 10.3. The van der Waals surface area contributed by atoms with E-state index in [4.69, 9.17) is 4.98 Å². The molecule has 2 aromatic heterocycles. The van der Waals surface area contributed by atoms with E-state index in [1.165, 1.54) is 18.2 Å². The number of nitrogens with zero attached hydrogens (tertiary/aromatic N) is 5. The highest BCUT2D eigenvalue weighted by Crippen LogP contribution is 2.35. The topological polar surface area (TPSA) is 91.8 Å². The number of hydrogen-bond donors (Lipinski definition) is 2. The van der Waals surface area contributed by atoms with Gasteiger partial charge in [-0.1, -0.05) is 74.5 Å². The third-order valence-electron chi connectivity index (χ3n) is 6.36. The zero-order valence-electron chi connectivity index (χ0n) is 23.4. The minimum atomic E-state index is -4.62. The smallest absolute Gasteiger partial charge is 0.428 e. The van der Waals surface area contributed by atoms with Crippen molar-refractivity contribution in [3.8, 4) is 28.4 Å². The number of anilines is 3. The number of ether oxygens (including phenoxy) is 1. The van der Waals surface area contributed by atoms with Gasteiger partial charge in [0.05, 0.1) is 5.69 Å². The van der Waals surface area contributed by atoms with E-state index in [0.29, 0.717) is 53.3 Å². The molecule has 0 radical (unpaired) electrons. The van der Waals surface area contributed by atoms with Crippen LogP contribution in [0.4, 0.5) is 34.8 Å². The minimum absolute atomic E-state index is 0.308. The molecule has 0 atom stereocenters. The minimum Gasteiger partial charge on any atom is -0.428 e. The molecule has 0 fully saturated rings. The molecule has 8 nitrogen and oxygen atoms in total. The second kappa shape index (κ2) is 12.9. The van der Waals surface area contributed by atoms with Crippen LogP contribution in [0.1, 0.15) is 19.4 Å². The van der Waals surface area contributed by atoms with Gasteiger partial charge in [-0.25, -0.2) is 4.98 Å². The molecule has 3 aromatic carbocycles. The Hall–Kier alpha value is -5.00. The summed E-state index contributed by atoms with van der Waals surface area (Å²) in [5, 5.41) is 17.6. The lowest BCUT2D eigenvalue weighted by Gasteiger charge is -2.27. The predicted molar refractivity (Wildman–Crippen MR) is 156 cm³/mol. The Balaban J connectivity index is 1.58. The van der Waals surface area contributed by atoms with Crippen molar-refractivity contribution >= 4 is 17.2 Å². The van der Waals surface area contributed by atoms with Crippen LogP contribution in [0.25, 0.3) is 22.6 Å². The summed E-state index contributed by atoms with van der Waals surface area (Å²) in [4.78, 5) is 7.20. The van der Waals surface area contributed by atoms with Gasteiger partial charge in [-0.15, -0.1) is 10.2 Å². The molecule has 0 saturated carbocycles. The van der Waals surface area contributed by atoms with Gasteiger partial charge < -0.3 is 15.0 Å². The van der Waals surface area contributed by atoms with Gasteiger partial charge in [0.2, 0.25) is 5.82 Å². The van der Waals surface area contributed by atoms with Crippen LogP contribution in [0, 0.1) is 5.92 Å². The monoisotopic (exact) mass is 591 g/mol. The van der Waals surface area contributed by atoms with Crippen molar-refractivity contribution in [2.24, 2.45) is 5.92 Å². The van der Waals surface area contributed by atoms with Crippen LogP contribution < -0.4 is 15.0 Å². The number of H-pyrrole nitrogens is 1. The first-order valence-electron chi connectivity index (χ1n) is 13.5. The standard InChI is InChI=1S/C31H29F4N7O/c1-20(2)18-42(19-21-9-4-3-5-10-21)28-17-23(36-22-11-8-12-24(15-22)43-31(34,35)30(32)33)16-27(37-28)25-13-6-7-14-26(25)29-38-40-41-39-29/h3-17,20,30H,18-19H2,1-2H3,(H,36,37)(H,38,39,40,41). The normalized spacial score (nSPS) is 11.6. The molecule has 0 unspecified atom stereocenters. The lowest BCUT2D eigenvalue weighted by Crippen LogP contribution is -2.33. The van der Waals surface area contributed by atoms with Crippen molar-refractivity contribution in [2.75, 3.05) is 16.8 Å². The van der Waals surface area contributed by atoms with Crippen LogP contribution in [-0.4, -0.2) is 44.7 Å². The number of benzene rings is 3. The van der Waals surface area contributed by atoms with Gasteiger partial charge in [0.1, 0.15) is 11.6 Å².